The molecular weight excluding hydrogens is 388 g/mol. The summed E-state index contributed by atoms with van der Waals surface area (Å²) in [5.74, 6) is -0.190. The summed E-state index contributed by atoms with van der Waals surface area (Å²) in [5.41, 5.74) is 0. The van der Waals surface area contributed by atoms with Gasteiger partial charge < -0.3 is 18.9 Å². The molecule has 0 amide bonds. The SMILES string of the molecule is CCCCC[C@@H](/C=C/[C@H]1OC(=O)O[C@@H]1C/C=C\C/C=C\CCCC(=O)OC)OC=O. The zero-order valence-electron chi connectivity index (χ0n) is 18.0. The van der Waals surface area contributed by atoms with E-state index in [-0.39, 0.29) is 12.1 Å². The predicted octanol–water partition coefficient (Wildman–Crippen LogP) is 4.80. The molecule has 0 spiro atoms. The van der Waals surface area contributed by atoms with Crippen LogP contribution in [0.15, 0.2) is 36.5 Å². The summed E-state index contributed by atoms with van der Waals surface area (Å²) < 4.78 is 20.1. The lowest BCUT2D eigenvalue weighted by molar-refractivity contribution is -0.140. The van der Waals surface area contributed by atoms with Crippen LogP contribution in [0.25, 0.3) is 0 Å². The first-order valence-corrected chi connectivity index (χ1v) is 10.6. The Labute approximate surface area is 179 Å². The molecule has 0 N–H and O–H groups in total. The van der Waals surface area contributed by atoms with Gasteiger partial charge in [0.2, 0.25) is 0 Å². The number of rotatable bonds is 16. The molecule has 168 valence electrons. The van der Waals surface area contributed by atoms with E-state index < -0.39 is 18.4 Å². The van der Waals surface area contributed by atoms with Gasteiger partial charge in [-0.3, -0.25) is 9.59 Å². The van der Waals surface area contributed by atoms with Gasteiger partial charge in [-0.05, 0) is 44.3 Å². The minimum Gasteiger partial charge on any atom is -0.469 e. The average molecular weight is 423 g/mol. The molecule has 0 aromatic carbocycles. The normalized spacial score (nSPS) is 19.9. The number of ether oxygens (including phenoxy) is 4. The molecule has 0 saturated carbocycles. The van der Waals surface area contributed by atoms with Gasteiger partial charge in [-0.25, -0.2) is 4.79 Å². The number of esters is 1. The third-order valence-corrected chi connectivity index (χ3v) is 4.64. The van der Waals surface area contributed by atoms with Crippen LogP contribution in [0.5, 0.6) is 0 Å². The summed E-state index contributed by atoms with van der Waals surface area (Å²) in [6.45, 7) is 2.56. The van der Waals surface area contributed by atoms with Crippen LogP contribution in [-0.2, 0) is 28.5 Å². The lowest BCUT2D eigenvalue weighted by Crippen LogP contribution is -2.20. The number of hydrogen-bond donors (Lipinski definition) is 0. The van der Waals surface area contributed by atoms with E-state index in [0.717, 1.165) is 44.9 Å². The smallest absolute Gasteiger partial charge is 0.469 e. The predicted molar refractivity (Wildman–Crippen MR) is 113 cm³/mol. The van der Waals surface area contributed by atoms with Gasteiger partial charge in [-0.15, -0.1) is 0 Å². The minimum absolute atomic E-state index is 0.190. The monoisotopic (exact) mass is 422 g/mol. The van der Waals surface area contributed by atoms with Crippen LogP contribution in [0, 0.1) is 0 Å². The Balaban J connectivity index is 2.39. The lowest BCUT2D eigenvalue weighted by atomic mass is 10.1. The van der Waals surface area contributed by atoms with Crippen molar-refractivity contribution < 1.29 is 33.3 Å². The molecule has 0 bridgehead atoms. The molecule has 1 aliphatic heterocycles. The highest BCUT2D eigenvalue weighted by Crippen LogP contribution is 2.21. The Morgan fingerprint density at radius 3 is 2.67 bits per heavy atom. The van der Waals surface area contributed by atoms with Crippen LogP contribution >= 0.6 is 0 Å². The molecule has 1 fully saturated rings. The molecule has 0 aliphatic carbocycles. The highest BCUT2D eigenvalue weighted by atomic mass is 16.8. The number of carbonyl (C=O) groups is 3. The summed E-state index contributed by atoms with van der Waals surface area (Å²) in [6, 6.07) is 0. The first kappa shape index (κ1) is 25.5. The largest absolute Gasteiger partial charge is 0.509 e. The van der Waals surface area contributed by atoms with Crippen molar-refractivity contribution in [2.45, 2.75) is 83.0 Å². The molecule has 0 aromatic rings. The summed E-state index contributed by atoms with van der Waals surface area (Å²) >= 11 is 0. The Bertz CT molecular complexity index is 594. The van der Waals surface area contributed by atoms with Gasteiger partial charge >= 0.3 is 12.1 Å². The topological polar surface area (TPSA) is 88.1 Å². The van der Waals surface area contributed by atoms with Crippen molar-refractivity contribution in [1.29, 1.82) is 0 Å². The van der Waals surface area contributed by atoms with E-state index in [9.17, 15) is 14.4 Å². The van der Waals surface area contributed by atoms with Crippen LogP contribution in [-0.4, -0.2) is 44.0 Å². The maximum absolute atomic E-state index is 11.5. The van der Waals surface area contributed by atoms with Crippen molar-refractivity contribution in [1.82, 2.24) is 0 Å². The second-order valence-electron chi connectivity index (χ2n) is 7.02. The van der Waals surface area contributed by atoms with Crippen molar-refractivity contribution in [2.24, 2.45) is 0 Å². The second kappa shape index (κ2) is 16.3. The first-order chi connectivity index (χ1) is 14.6. The lowest BCUT2D eigenvalue weighted by Gasteiger charge is -2.13. The summed E-state index contributed by atoms with van der Waals surface area (Å²) in [6.07, 6.45) is 16.8. The van der Waals surface area contributed by atoms with E-state index in [1.165, 1.54) is 7.11 Å². The molecule has 3 atom stereocenters. The first-order valence-electron chi connectivity index (χ1n) is 10.6. The molecule has 0 radical (unpaired) electrons. The molecule has 7 nitrogen and oxygen atoms in total. The third kappa shape index (κ3) is 11.4. The molecule has 7 heteroatoms. The Kier molecular flexibility index (Phi) is 13.8. The summed E-state index contributed by atoms with van der Waals surface area (Å²) in [5, 5.41) is 0. The van der Waals surface area contributed by atoms with E-state index in [2.05, 4.69) is 11.7 Å². The van der Waals surface area contributed by atoms with Gasteiger partial charge in [-0.2, -0.15) is 0 Å². The molecule has 30 heavy (non-hydrogen) atoms. The highest BCUT2D eigenvalue weighted by Gasteiger charge is 2.34. The highest BCUT2D eigenvalue weighted by molar-refractivity contribution is 5.69. The maximum Gasteiger partial charge on any atom is 0.509 e. The van der Waals surface area contributed by atoms with Crippen molar-refractivity contribution in [3.05, 3.63) is 36.5 Å². The van der Waals surface area contributed by atoms with E-state index in [0.29, 0.717) is 19.3 Å². The Morgan fingerprint density at radius 2 is 1.93 bits per heavy atom. The fourth-order valence-corrected chi connectivity index (χ4v) is 2.95. The number of carbonyl (C=O) groups excluding carboxylic acids is 3. The third-order valence-electron chi connectivity index (χ3n) is 4.64. The fraction of sp³-hybridized carbons (Fsp3) is 0.609. The van der Waals surface area contributed by atoms with E-state index >= 15 is 0 Å². The van der Waals surface area contributed by atoms with Gasteiger partial charge in [0.1, 0.15) is 12.2 Å². The molecule has 1 saturated heterocycles. The number of methoxy groups -OCH3 is 1. The van der Waals surface area contributed by atoms with Crippen molar-refractivity contribution in [2.75, 3.05) is 7.11 Å². The summed E-state index contributed by atoms with van der Waals surface area (Å²) in [7, 11) is 1.39. The van der Waals surface area contributed by atoms with Gasteiger partial charge in [0.25, 0.3) is 6.47 Å². The van der Waals surface area contributed by atoms with Crippen LogP contribution in [0.2, 0.25) is 0 Å². The Hall–Kier alpha value is -2.57. The van der Waals surface area contributed by atoms with E-state index in [1.54, 1.807) is 12.2 Å². The van der Waals surface area contributed by atoms with Crippen LogP contribution in [0.1, 0.15) is 64.7 Å². The van der Waals surface area contributed by atoms with Crippen LogP contribution < -0.4 is 0 Å². The molecular formula is C23H34O7. The van der Waals surface area contributed by atoms with Crippen LogP contribution in [0.3, 0.4) is 0 Å². The summed E-state index contributed by atoms with van der Waals surface area (Å²) in [4.78, 5) is 33.2. The van der Waals surface area contributed by atoms with E-state index in [1.807, 2.05) is 24.3 Å². The molecule has 1 rings (SSSR count). The number of hydrogen-bond acceptors (Lipinski definition) is 7. The van der Waals surface area contributed by atoms with Crippen LogP contribution in [0.4, 0.5) is 4.79 Å². The zero-order valence-corrected chi connectivity index (χ0v) is 18.0. The van der Waals surface area contributed by atoms with Crippen molar-refractivity contribution in [3.63, 3.8) is 0 Å². The maximum atomic E-state index is 11.5. The number of allylic oxidation sites excluding steroid dienone is 3. The molecule has 0 aromatic heterocycles. The Morgan fingerprint density at radius 1 is 1.13 bits per heavy atom. The standard InChI is InChI=1S/C23H34O7/c1-3-4-10-13-19(28-18-24)16-17-21-20(29-23(26)30-21)14-11-8-6-5-7-9-12-15-22(25)27-2/h5,7-8,11,16-21H,3-4,6,9-10,12-15H2,1-2H3/b7-5-,11-8-,17-16+/t19-,20+,21+/m0/s1. The minimum atomic E-state index is -0.688. The van der Waals surface area contributed by atoms with Crippen molar-refractivity contribution >= 4 is 18.6 Å². The number of cyclic esters (lactones) is 2. The van der Waals surface area contributed by atoms with Gasteiger partial charge in [0.15, 0.2) is 6.10 Å². The van der Waals surface area contributed by atoms with Crippen molar-refractivity contribution in [3.8, 4) is 0 Å². The van der Waals surface area contributed by atoms with Gasteiger partial charge in [0, 0.05) is 12.8 Å². The molecule has 1 heterocycles. The number of unbranched alkanes of at least 4 members (excludes halogenated alkanes) is 3. The molecule has 1 aliphatic rings. The van der Waals surface area contributed by atoms with E-state index in [4.69, 9.17) is 14.2 Å². The second-order valence-corrected chi connectivity index (χ2v) is 7.02. The molecule has 0 unspecified atom stereocenters. The van der Waals surface area contributed by atoms with Gasteiger partial charge in [-0.1, -0.05) is 44.1 Å². The fourth-order valence-electron chi connectivity index (χ4n) is 2.95. The quantitative estimate of drug-likeness (QED) is 0.116. The average Bonchev–Trinajstić information content (AvgIpc) is 3.09. The zero-order chi connectivity index (χ0) is 22.0. The van der Waals surface area contributed by atoms with Gasteiger partial charge in [0.05, 0.1) is 7.11 Å².